The number of para-hydroxylation sites is 16. The fourth-order valence-corrected chi connectivity index (χ4v) is 23.7. The summed E-state index contributed by atoms with van der Waals surface area (Å²) in [7, 11) is 0. The Morgan fingerprint density at radius 2 is 0.393 bits per heavy atom. The Morgan fingerprint density at radius 3 is 0.879 bits per heavy atom. The third-order valence-corrected chi connectivity index (χ3v) is 29.5. The largest absolute Gasteiger partial charge is 0.309 e. The number of aromatic nitrogens is 8. The van der Waals surface area contributed by atoms with E-state index in [1.807, 2.05) is 0 Å². The summed E-state index contributed by atoms with van der Waals surface area (Å²) >= 11 is 0. The van der Waals surface area contributed by atoms with E-state index in [1.54, 1.807) is 0 Å². The van der Waals surface area contributed by atoms with Gasteiger partial charge in [-0.3, -0.25) is 0 Å². The minimum Gasteiger partial charge on any atom is -0.309 e. The highest BCUT2D eigenvalue weighted by Gasteiger charge is 2.26. The zero-order chi connectivity index (χ0) is 91.7. The lowest BCUT2D eigenvalue weighted by Crippen LogP contribution is -2.02. The van der Waals surface area contributed by atoms with Crippen LogP contribution < -0.4 is 0 Å². The van der Waals surface area contributed by atoms with Crippen LogP contribution in [0.15, 0.2) is 510 Å². The number of fused-ring (bicyclic) bond motifs is 33. The van der Waals surface area contributed by atoms with Gasteiger partial charge in [0, 0.05) is 115 Å². The summed E-state index contributed by atoms with van der Waals surface area (Å²) in [6, 6.07) is 186. The zero-order valence-corrected chi connectivity index (χ0v) is 76.1. The average Bonchev–Trinajstić information content (AvgIpc) is 1.54. The van der Waals surface area contributed by atoms with Gasteiger partial charge >= 0.3 is 0 Å². The first-order valence-corrected chi connectivity index (χ1v) is 48.2. The van der Waals surface area contributed by atoms with Gasteiger partial charge in [0.2, 0.25) is 0 Å². The van der Waals surface area contributed by atoms with E-state index < -0.39 is 0 Å². The van der Waals surface area contributed by atoms with E-state index in [4.69, 9.17) is 0 Å². The summed E-state index contributed by atoms with van der Waals surface area (Å²) in [4.78, 5) is 0. The van der Waals surface area contributed by atoms with E-state index in [0.717, 1.165) is 67.1 Å². The van der Waals surface area contributed by atoms with Gasteiger partial charge < -0.3 is 36.0 Å². The van der Waals surface area contributed by atoms with Gasteiger partial charge in [-0.25, -0.2) is 0 Å². The predicted octanol–water partition coefficient (Wildman–Crippen LogP) is 35.0. The summed E-state index contributed by atoms with van der Waals surface area (Å²) < 4.78 is 19.6. The summed E-state index contributed by atoms with van der Waals surface area (Å²) in [5.41, 5.74) is 30.7. The van der Waals surface area contributed by atoms with Crippen molar-refractivity contribution in [3.8, 4) is 39.6 Å². The third-order valence-electron chi connectivity index (χ3n) is 29.5. The highest BCUT2D eigenvalue weighted by molar-refractivity contribution is 6.32. The molecular formula is C132H84N8. The van der Waals surface area contributed by atoms with Crippen molar-refractivity contribution in [1.82, 2.24) is 36.0 Å². The van der Waals surface area contributed by atoms with Gasteiger partial charge in [0.05, 0.1) is 105 Å². The lowest BCUT2D eigenvalue weighted by Gasteiger charge is -2.17. The Balaban J connectivity index is 0.000000101. The molecule has 0 bridgehead atoms. The molecule has 652 valence electrons. The molecular weight excluding hydrogens is 1700 g/mol. The van der Waals surface area contributed by atoms with Crippen LogP contribution in [-0.2, 0) is 0 Å². The van der Waals surface area contributed by atoms with Crippen molar-refractivity contribution in [2.75, 3.05) is 0 Å². The van der Waals surface area contributed by atoms with Crippen LogP contribution in [0.25, 0.3) is 263 Å². The summed E-state index contributed by atoms with van der Waals surface area (Å²) in [6.07, 6.45) is 0. The van der Waals surface area contributed by atoms with Crippen molar-refractivity contribution in [2.24, 2.45) is 0 Å². The maximum absolute atomic E-state index is 2.50. The molecule has 23 aromatic carbocycles. The molecule has 0 atom stereocenters. The van der Waals surface area contributed by atoms with Crippen LogP contribution >= 0.6 is 0 Å². The molecule has 0 unspecified atom stereocenters. The molecule has 8 nitrogen and oxygen atoms in total. The molecule has 8 heterocycles. The van der Waals surface area contributed by atoms with Crippen molar-refractivity contribution in [3.63, 3.8) is 0 Å². The zero-order valence-electron chi connectivity index (χ0n) is 76.1. The van der Waals surface area contributed by atoms with Gasteiger partial charge in [-0.1, -0.05) is 346 Å². The molecule has 0 saturated heterocycles. The maximum Gasteiger partial charge on any atom is 0.0703 e. The fourth-order valence-electron chi connectivity index (χ4n) is 23.7. The molecule has 0 spiro atoms. The van der Waals surface area contributed by atoms with E-state index >= 15 is 0 Å². The monoisotopic (exact) mass is 1780 g/mol. The number of hydrogen-bond acceptors (Lipinski definition) is 0. The molecule has 0 aliphatic heterocycles. The molecule has 0 aliphatic rings. The standard InChI is InChI=1S/2C46H29N3.C40H26N2/c1-2-15-31(16-3-1)47-39-21-9-6-18-34(39)36-27-26-32(29-44(36)47)48-40-22-10-7-19-35(40)38-28-30-14-4-5-17-33(30)45-37-20-8-11-23-41(37)49(46(38)45)43-25-13-12-24-42(43)48;1-2-14-31(15-3-1)47-40-22-9-7-18-35(40)38-29-32(26-28-41(38)47)48-39-21-8-6-17-34(39)36-19-12-20-37-45-33-16-5-4-13-30(33)25-27-44(45)49(46(36)37)43-24-11-10-23-42(43)48;1-2-12-27(13-3-1)28-22-24-30(25-23-28)41-35-18-8-6-16-32(35)34-26-29-14-4-5-15-31(29)39-33-17-7-9-19-36(33)42(40(34)39)38-21-11-10-20-37(38)41/h2*1-29H;1-26H. The molecule has 0 N–H and O–H groups in total. The molecule has 8 aromatic heterocycles. The minimum atomic E-state index is 1.12. The van der Waals surface area contributed by atoms with Crippen molar-refractivity contribution in [3.05, 3.63) is 510 Å². The number of benzene rings is 23. The SMILES string of the molecule is c1ccc(-c2ccc(-n3c4ccccc4c4cc5ccccc5c5c6ccccc6n(c6ccccc63)c45)cc2)cc1.c1ccc(-n2c3ccccc3c3cc(-n4c5ccccc5c5cccc6c7c8ccccc8ccc7n(c7ccccc74)c56)ccc32)cc1.c1ccc(-n2c3ccccc3c3ccc(-n4c5ccccc5c5cc6ccccc6c6c7ccccc7n(c7ccccc74)c56)cc32)cc1. The Labute approximate surface area is 802 Å². The highest BCUT2D eigenvalue weighted by atomic mass is 15.0. The topological polar surface area (TPSA) is 37.9 Å². The van der Waals surface area contributed by atoms with Gasteiger partial charge in [0.15, 0.2) is 0 Å². The van der Waals surface area contributed by atoms with Crippen LogP contribution in [-0.4, -0.2) is 36.0 Å². The Kier molecular flexibility index (Phi) is 17.7. The van der Waals surface area contributed by atoms with Crippen molar-refractivity contribution >= 4 is 223 Å². The van der Waals surface area contributed by atoms with Crippen molar-refractivity contribution in [1.29, 1.82) is 0 Å². The van der Waals surface area contributed by atoms with Gasteiger partial charge in [-0.15, -0.1) is 0 Å². The van der Waals surface area contributed by atoms with E-state index in [-0.39, 0.29) is 0 Å². The average molecular weight is 1780 g/mol. The minimum absolute atomic E-state index is 1.12. The van der Waals surface area contributed by atoms with Crippen LogP contribution in [0.4, 0.5) is 0 Å². The third kappa shape index (κ3) is 11.8. The molecule has 0 saturated carbocycles. The van der Waals surface area contributed by atoms with Gasteiger partial charge in [0.25, 0.3) is 0 Å². The van der Waals surface area contributed by atoms with E-state index in [2.05, 4.69) is 546 Å². The predicted molar refractivity (Wildman–Crippen MR) is 593 cm³/mol. The molecule has 0 fully saturated rings. The molecule has 8 heteroatoms. The summed E-state index contributed by atoms with van der Waals surface area (Å²) in [5.74, 6) is 0. The van der Waals surface area contributed by atoms with Gasteiger partial charge in [0.1, 0.15) is 0 Å². The molecule has 0 amide bonds. The second-order valence-electron chi connectivity index (χ2n) is 36.9. The Morgan fingerprint density at radius 1 is 0.107 bits per heavy atom. The van der Waals surface area contributed by atoms with Gasteiger partial charge in [-0.2, -0.15) is 0 Å². The van der Waals surface area contributed by atoms with Crippen LogP contribution in [0, 0.1) is 0 Å². The fraction of sp³-hybridized carbons (Fsp3) is 0. The Hall–Kier alpha value is -18.8. The van der Waals surface area contributed by atoms with Crippen LogP contribution in [0.2, 0.25) is 0 Å². The first kappa shape index (κ1) is 78.7. The number of rotatable bonds is 6. The smallest absolute Gasteiger partial charge is 0.0703 e. The molecule has 0 radical (unpaired) electrons. The molecule has 31 aromatic rings. The Bertz CT molecular complexity index is 10700. The lowest BCUT2D eigenvalue weighted by molar-refractivity contribution is 1.14. The second-order valence-corrected chi connectivity index (χ2v) is 36.9. The molecule has 31 rings (SSSR count). The first-order valence-electron chi connectivity index (χ1n) is 48.2. The quantitative estimate of drug-likeness (QED) is 0.159. The van der Waals surface area contributed by atoms with E-state index in [1.165, 1.54) is 196 Å². The highest BCUT2D eigenvalue weighted by Crippen LogP contribution is 2.48. The first-order chi connectivity index (χ1) is 69.6. The van der Waals surface area contributed by atoms with Crippen molar-refractivity contribution < 1.29 is 0 Å². The summed E-state index contributed by atoms with van der Waals surface area (Å²) in [5, 5.41) is 27.7. The molecule has 140 heavy (non-hydrogen) atoms. The normalized spacial score (nSPS) is 12.0. The van der Waals surface area contributed by atoms with Crippen LogP contribution in [0.1, 0.15) is 0 Å². The second kappa shape index (κ2) is 31.4. The molecule has 0 aliphatic carbocycles. The van der Waals surface area contributed by atoms with E-state index in [0.29, 0.717) is 0 Å². The van der Waals surface area contributed by atoms with Crippen LogP contribution in [0.3, 0.4) is 0 Å². The van der Waals surface area contributed by atoms with Crippen molar-refractivity contribution in [2.45, 2.75) is 0 Å². The van der Waals surface area contributed by atoms with E-state index in [9.17, 15) is 0 Å². The van der Waals surface area contributed by atoms with Gasteiger partial charge in [-0.05, 0) is 207 Å². The summed E-state index contributed by atoms with van der Waals surface area (Å²) in [6.45, 7) is 0. The van der Waals surface area contributed by atoms with Crippen LogP contribution in [0.5, 0.6) is 0 Å². The number of hydrogen-bond donors (Lipinski definition) is 0. The maximum atomic E-state index is 2.50. The lowest BCUT2D eigenvalue weighted by atomic mass is 9.99. The number of nitrogens with zero attached hydrogens (tertiary/aromatic N) is 8.